The highest BCUT2D eigenvalue weighted by atomic mass is 31.2. The lowest BCUT2D eigenvalue weighted by atomic mass is 10.1. The van der Waals surface area contributed by atoms with Crippen LogP contribution in [0.5, 0.6) is 0 Å². The van der Waals surface area contributed by atoms with Crippen molar-refractivity contribution in [3.63, 3.8) is 0 Å². The quantitative estimate of drug-likeness (QED) is 0.0244. The molecular formula is C49H94N2O6P+. The van der Waals surface area contributed by atoms with Gasteiger partial charge in [0.05, 0.1) is 39.9 Å². The predicted octanol–water partition coefficient (Wildman–Crippen LogP) is 13.6. The number of aliphatic hydroxyl groups excluding tert-OH is 1. The Morgan fingerprint density at radius 2 is 0.948 bits per heavy atom. The zero-order chi connectivity index (χ0) is 42.8. The van der Waals surface area contributed by atoms with Gasteiger partial charge < -0.3 is 19.8 Å². The van der Waals surface area contributed by atoms with Gasteiger partial charge in [-0.05, 0) is 70.6 Å². The Labute approximate surface area is 359 Å². The van der Waals surface area contributed by atoms with Crippen LogP contribution in [0.1, 0.15) is 206 Å². The Hall–Kier alpha value is -1.54. The molecule has 340 valence electrons. The third-order valence-electron chi connectivity index (χ3n) is 10.5. The molecule has 0 heterocycles. The molecule has 0 spiro atoms. The second-order valence-corrected chi connectivity index (χ2v) is 18.9. The Morgan fingerprint density at radius 3 is 1.38 bits per heavy atom. The molecule has 0 aromatic rings. The maximum absolute atomic E-state index is 12.9. The molecule has 0 rings (SSSR count). The Bertz CT molecular complexity index is 1090. The summed E-state index contributed by atoms with van der Waals surface area (Å²) in [6, 6.07) is -0.873. The molecule has 3 atom stereocenters. The van der Waals surface area contributed by atoms with Crippen molar-refractivity contribution in [2.75, 3.05) is 40.9 Å². The highest BCUT2D eigenvalue weighted by Crippen LogP contribution is 2.43. The van der Waals surface area contributed by atoms with Crippen LogP contribution in [0, 0.1) is 0 Å². The van der Waals surface area contributed by atoms with Crippen LogP contribution < -0.4 is 5.32 Å². The summed E-state index contributed by atoms with van der Waals surface area (Å²) in [6.45, 7) is 4.77. The van der Waals surface area contributed by atoms with Gasteiger partial charge in [-0.3, -0.25) is 13.8 Å². The first-order valence-electron chi connectivity index (χ1n) is 24.0. The predicted molar refractivity (Wildman–Crippen MR) is 249 cm³/mol. The third kappa shape index (κ3) is 42.6. The van der Waals surface area contributed by atoms with Crippen LogP contribution in [0.2, 0.25) is 0 Å². The van der Waals surface area contributed by atoms with Crippen molar-refractivity contribution < 1.29 is 32.9 Å². The Balaban J connectivity index is 4.46. The van der Waals surface area contributed by atoms with E-state index in [4.69, 9.17) is 9.05 Å². The van der Waals surface area contributed by atoms with Crippen molar-refractivity contribution in [2.45, 2.75) is 219 Å². The van der Waals surface area contributed by atoms with Crippen LogP contribution in [-0.2, 0) is 18.4 Å². The topological polar surface area (TPSA) is 105 Å². The van der Waals surface area contributed by atoms with Crippen LogP contribution in [0.4, 0.5) is 0 Å². The monoisotopic (exact) mass is 838 g/mol. The summed E-state index contributed by atoms with van der Waals surface area (Å²) in [6.07, 6.45) is 51.9. The van der Waals surface area contributed by atoms with E-state index in [0.717, 1.165) is 57.8 Å². The zero-order valence-corrected chi connectivity index (χ0v) is 39.4. The molecule has 9 heteroatoms. The number of carbonyl (C=O) groups is 1. The van der Waals surface area contributed by atoms with Gasteiger partial charge in [0.1, 0.15) is 13.2 Å². The van der Waals surface area contributed by atoms with Gasteiger partial charge in [-0.15, -0.1) is 0 Å². The number of nitrogens with one attached hydrogen (secondary N) is 1. The number of allylic oxidation sites excluding steroid dienone is 7. The first kappa shape index (κ1) is 56.5. The number of hydrogen-bond donors (Lipinski definition) is 3. The molecule has 0 aliphatic carbocycles. The van der Waals surface area contributed by atoms with E-state index in [-0.39, 0.29) is 19.1 Å². The average molecular weight is 838 g/mol. The number of rotatable bonds is 43. The number of carbonyl (C=O) groups excluding carboxylic acids is 1. The Kier molecular flexibility index (Phi) is 39.8. The van der Waals surface area contributed by atoms with Crippen LogP contribution >= 0.6 is 7.82 Å². The molecule has 3 unspecified atom stereocenters. The third-order valence-corrected chi connectivity index (χ3v) is 11.5. The van der Waals surface area contributed by atoms with Gasteiger partial charge in [-0.2, -0.15) is 0 Å². The maximum atomic E-state index is 12.9. The summed E-state index contributed by atoms with van der Waals surface area (Å²) in [4.78, 5) is 23.1. The number of phosphoric acid groups is 1. The average Bonchev–Trinajstić information content (AvgIpc) is 3.17. The number of amides is 1. The summed E-state index contributed by atoms with van der Waals surface area (Å²) in [5, 5.41) is 13.8. The van der Waals surface area contributed by atoms with Crippen LogP contribution in [-0.4, -0.2) is 73.4 Å². The first-order valence-corrected chi connectivity index (χ1v) is 25.5. The summed E-state index contributed by atoms with van der Waals surface area (Å²) in [7, 11) is 1.54. The number of quaternary nitrogens is 1. The minimum atomic E-state index is -4.35. The Morgan fingerprint density at radius 1 is 0.569 bits per heavy atom. The van der Waals surface area contributed by atoms with Crippen LogP contribution in [0.25, 0.3) is 0 Å². The van der Waals surface area contributed by atoms with E-state index in [1.807, 2.05) is 27.2 Å². The van der Waals surface area contributed by atoms with Crippen molar-refractivity contribution in [2.24, 2.45) is 0 Å². The van der Waals surface area contributed by atoms with E-state index >= 15 is 0 Å². The standard InChI is InChI=1S/C49H93N2O6P/c1-6-8-10-12-14-16-18-20-22-23-24-25-26-27-29-30-32-34-36-38-40-42-48(52)47(46-57-58(54,55)56-45-44-51(3,4)5)50-49(53)43-41-39-37-35-33-31-28-21-19-17-15-13-11-9-7-2/h21,26-28,32,34,40,42,47-48,52H,6-20,22-25,29-31,33,35-39,41,43-46H2,1-5H3,(H-,50,53,54,55)/p+1/b27-26+,28-21-,34-32+,42-40+. The van der Waals surface area contributed by atoms with Crippen LogP contribution in [0.15, 0.2) is 48.6 Å². The minimum Gasteiger partial charge on any atom is -0.387 e. The van der Waals surface area contributed by atoms with E-state index in [2.05, 4.69) is 55.6 Å². The van der Waals surface area contributed by atoms with E-state index in [1.54, 1.807) is 6.08 Å². The lowest BCUT2D eigenvalue weighted by molar-refractivity contribution is -0.870. The lowest BCUT2D eigenvalue weighted by Gasteiger charge is -2.25. The molecule has 0 saturated heterocycles. The highest BCUT2D eigenvalue weighted by molar-refractivity contribution is 7.47. The number of aliphatic hydroxyl groups is 1. The summed E-state index contributed by atoms with van der Waals surface area (Å²) in [5.74, 6) is -0.201. The van der Waals surface area contributed by atoms with Gasteiger partial charge in [-0.1, -0.05) is 178 Å². The summed E-state index contributed by atoms with van der Waals surface area (Å²) in [5.41, 5.74) is 0. The molecule has 0 radical (unpaired) electrons. The number of phosphoric ester groups is 1. The van der Waals surface area contributed by atoms with Crippen molar-refractivity contribution in [1.82, 2.24) is 5.32 Å². The smallest absolute Gasteiger partial charge is 0.387 e. The summed E-state index contributed by atoms with van der Waals surface area (Å²) >= 11 is 0. The molecule has 0 aliphatic heterocycles. The van der Waals surface area contributed by atoms with Gasteiger partial charge in [-0.25, -0.2) is 4.57 Å². The number of nitrogens with zero attached hydrogens (tertiary/aromatic N) is 1. The zero-order valence-electron chi connectivity index (χ0n) is 38.5. The fourth-order valence-electron chi connectivity index (χ4n) is 6.66. The van der Waals surface area contributed by atoms with Gasteiger partial charge in [0.2, 0.25) is 5.91 Å². The molecule has 0 fully saturated rings. The van der Waals surface area contributed by atoms with Gasteiger partial charge in [0, 0.05) is 6.42 Å². The van der Waals surface area contributed by atoms with E-state index in [9.17, 15) is 19.4 Å². The number of unbranched alkanes of at least 4 members (excludes halogenated alkanes) is 24. The van der Waals surface area contributed by atoms with Crippen LogP contribution in [0.3, 0.4) is 0 Å². The SMILES string of the molecule is CCCCCCCC/C=C\CCCCCCCC(=O)NC(COP(=O)(O)OCC[N+](C)(C)C)C(O)/C=C/CC/C=C/CC/C=C/CCCCCCCCCCCCC. The van der Waals surface area contributed by atoms with Gasteiger partial charge >= 0.3 is 7.82 Å². The van der Waals surface area contributed by atoms with Gasteiger partial charge in [0.15, 0.2) is 0 Å². The second-order valence-electron chi connectivity index (χ2n) is 17.5. The van der Waals surface area contributed by atoms with Gasteiger partial charge in [0.25, 0.3) is 0 Å². The normalized spacial score (nSPS) is 14.7. The largest absolute Gasteiger partial charge is 0.472 e. The number of likely N-dealkylation sites (N-methyl/N-ethyl adjacent to an activating group) is 1. The molecule has 0 aliphatic rings. The van der Waals surface area contributed by atoms with Crippen molar-refractivity contribution in [3.8, 4) is 0 Å². The molecule has 0 bridgehead atoms. The highest BCUT2D eigenvalue weighted by Gasteiger charge is 2.27. The van der Waals surface area contributed by atoms with Crippen molar-refractivity contribution in [1.29, 1.82) is 0 Å². The van der Waals surface area contributed by atoms with E-state index in [1.165, 1.54) is 128 Å². The fraction of sp³-hybridized carbons (Fsp3) is 0.816. The molecule has 58 heavy (non-hydrogen) atoms. The molecule has 0 aromatic heterocycles. The molecule has 3 N–H and O–H groups in total. The van der Waals surface area contributed by atoms with Crippen molar-refractivity contribution in [3.05, 3.63) is 48.6 Å². The minimum absolute atomic E-state index is 0.0511. The summed E-state index contributed by atoms with van der Waals surface area (Å²) < 4.78 is 23.6. The second kappa shape index (κ2) is 40.8. The van der Waals surface area contributed by atoms with E-state index < -0.39 is 20.0 Å². The molecule has 1 amide bonds. The first-order chi connectivity index (χ1) is 28.0. The molecule has 0 saturated carbocycles. The molecule has 0 aromatic carbocycles. The fourth-order valence-corrected chi connectivity index (χ4v) is 7.39. The molecular weight excluding hydrogens is 744 g/mol. The van der Waals surface area contributed by atoms with Crippen molar-refractivity contribution >= 4 is 13.7 Å². The lowest BCUT2D eigenvalue weighted by Crippen LogP contribution is -2.45. The number of hydrogen-bond acceptors (Lipinski definition) is 5. The molecule has 8 nitrogen and oxygen atoms in total. The van der Waals surface area contributed by atoms with E-state index in [0.29, 0.717) is 17.4 Å². The maximum Gasteiger partial charge on any atom is 0.472 e.